The van der Waals surface area contributed by atoms with Gasteiger partial charge in [-0.1, -0.05) is 18.2 Å². The van der Waals surface area contributed by atoms with E-state index in [1.54, 1.807) is 12.1 Å². The predicted octanol–water partition coefficient (Wildman–Crippen LogP) is 3.52. The van der Waals surface area contributed by atoms with Gasteiger partial charge in [-0.15, -0.1) is 0 Å². The summed E-state index contributed by atoms with van der Waals surface area (Å²) in [5, 5.41) is 4.08. The molecule has 0 aliphatic rings. The minimum absolute atomic E-state index is 0.171. The molecule has 6 nitrogen and oxygen atoms in total. The van der Waals surface area contributed by atoms with Gasteiger partial charge >= 0.3 is 5.69 Å². The van der Waals surface area contributed by atoms with Gasteiger partial charge < -0.3 is 4.57 Å². The van der Waals surface area contributed by atoms with Crippen molar-refractivity contribution in [1.82, 2.24) is 23.9 Å². The summed E-state index contributed by atoms with van der Waals surface area (Å²) in [6.07, 6.45) is 3.25. The van der Waals surface area contributed by atoms with Crippen LogP contribution in [0.3, 0.4) is 0 Å². The van der Waals surface area contributed by atoms with Crippen LogP contribution < -0.4 is 5.69 Å². The van der Waals surface area contributed by atoms with E-state index < -0.39 is 17.3 Å². The fraction of sp³-hybridized carbons (Fsp3) is 0.150. The van der Waals surface area contributed by atoms with Gasteiger partial charge in [0, 0.05) is 18.3 Å². The van der Waals surface area contributed by atoms with E-state index in [2.05, 4.69) is 32.7 Å². The van der Waals surface area contributed by atoms with Gasteiger partial charge in [0.2, 0.25) is 0 Å². The van der Waals surface area contributed by atoms with Crippen molar-refractivity contribution in [2.24, 2.45) is 0 Å². The van der Waals surface area contributed by atoms with Gasteiger partial charge in [-0.05, 0) is 59.3 Å². The number of rotatable bonds is 5. The maximum Gasteiger partial charge on any atom is 0.350 e. The molecule has 2 heterocycles. The molecule has 9 heteroatoms. The topological polar surface area (TPSA) is 57.6 Å². The number of hydrogen-bond donors (Lipinski definition) is 0. The van der Waals surface area contributed by atoms with Crippen LogP contribution in [-0.4, -0.2) is 23.9 Å². The minimum atomic E-state index is -0.696. The Morgan fingerprint density at radius 1 is 1.00 bits per heavy atom. The first-order valence-electron chi connectivity index (χ1n) is 8.78. The summed E-state index contributed by atoms with van der Waals surface area (Å²) in [4.78, 5) is 17.0. The summed E-state index contributed by atoms with van der Waals surface area (Å²) in [5.41, 5.74) is 0.977. The van der Waals surface area contributed by atoms with Gasteiger partial charge in [-0.3, -0.25) is 4.57 Å². The van der Waals surface area contributed by atoms with Crippen molar-refractivity contribution in [2.75, 3.05) is 0 Å². The van der Waals surface area contributed by atoms with Crippen molar-refractivity contribution in [2.45, 2.75) is 20.0 Å². The normalized spacial score (nSPS) is 11.2. The maximum absolute atomic E-state index is 13.9. The third kappa shape index (κ3) is 4.00. The molecule has 0 saturated heterocycles. The van der Waals surface area contributed by atoms with E-state index in [9.17, 15) is 13.6 Å². The van der Waals surface area contributed by atoms with Gasteiger partial charge in [0.15, 0.2) is 0 Å². The van der Waals surface area contributed by atoms with Crippen molar-refractivity contribution < 1.29 is 8.78 Å². The number of halogens is 3. The van der Waals surface area contributed by atoms with Crippen LogP contribution in [-0.2, 0) is 13.1 Å². The Bertz CT molecular complexity index is 1210. The minimum Gasteiger partial charge on any atom is -0.330 e. The first kappa shape index (κ1) is 19.5. The highest BCUT2D eigenvalue weighted by Gasteiger charge is 2.13. The fourth-order valence-corrected chi connectivity index (χ4v) is 3.73. The Morgan fingerprint density at radius 2 is 1.69 bits per heavy atom. The molecular formula is C20H16F2IN5O. The molecule has 2 aromatic heterocycles. The molecule has 29 heavy (non-hydrogen) atoms. The SMILES string of the molecule is Cc1nc(I)cn1Cc1ccc(-n2ncn(Cc3c(F)cccc3F)c2=O)cc1. The smallest absolute Gasteiger partial charge is 0.330 e. The van der Waals surface area contributed by atoms with E-state index >= 15 is 0 Å². The van der Waals surface area contributed by atoms with Gasteiger partial charge in [0.05, 0.1) is 12.2 Å². The molecule has 0 fully saturated rings. The Morgan fingerprint density at radius 3 is 2.31 bits per heavy atom. The van der Waals surface area contributed by atoms with Crippen LogP contribution in [0.25, 0.3) is 5.69 Å². The van der Waals surface area contributed by atoms with Crippen LogP contribution in [0.5, 0.6) is 0 Å². The Kier molecular flexibility index (Phi) is 5.31. The lowest BCUT2D eigenvalue weighted by molar-refractivity contribution is 0.541. The molecule has 2 aromatic carbocycles. The molecular weight excluding hydrogens is 491 g/mol. The molecule has 0 radical (unpaired) electrons. The second kappa shape index (κ2) is 7.90. The summed E-state index contributed by atoms with van der Waals surface area (Å²) in [7, 11) is 0. The Balaban J connectivity index is 1.56. The van der Waals surface area contributed by atoms with E-state index in [0.717, 1.165) is 27.2 Å². The molecule has 0 aliphatic heterocycles. The lowest BCUT2D eigenvalue weighted by atomic mass is 10.2. The van der Waals surface area contributed by atoms with Crippen LogP contribution in [0.15, 0.2) is 59.8 Å². The first-order chi connectivity index (χ1) is 13.9. The van der Waals surface area contributed by atoms with E-state index in [4.69, 9.17) is 0 Å². The van der Waals surface area contributed by atoms with Crippen LogP contribution in [0.2, 0.25) is 0 Å². The van der Waals surface area contributed by atoms with E-state index in [1.165, 1.54) is 21.6 Å². The number of hydrogen-bond acceptors (Lipinski definition) is 3. The Labute approximate surface area is 178 Å². The van der Waals surface area contributed by atoms with Crippen molar-refractivity contribution in [3.63, 3.8) is 0 Å². The standard InChI is InChI=1S/C20H16F2IN5O/c1-13-25-19(23)11-26(13)9-14-5-7-15(8-6-14)28-20(29)27(12-24-28)10-16-17(21)3-2-4-18(16)22/h2-8,11-12H,9-10H2,1H3. The summed E-state index contributed by atoms with van der Waals surface area (Å²) < 4.78 is 33.1. The van der Waals surface area contributed by atoms with E-state index in [1.807, 2.05) is 29.8 Å². The van der Waals surface area contributed by atoms with Crippen molar-refractivity contribution >= 4 is 22.6 Å². The molecule has 0 N–H and O–H groups in total. The molecule has 0 saturated carbocycles. The highest BCUT2D eigenvalue weighted by molar-refractivity contribution is 14.1. The number of nitrogens with zero attached hydrogens (tertiary/aromatic N) is 5. The molecule has 4 rings (SSSR count). The largest absolute Gasteiger partial charge is 0.350 e. The first-order valence-corrected chi connectivity index (χ1v) is 9.86. The van der Waals surface area contributed by atoms with E-state index in [0.29, 0.717) is 12.2 Å². The molecule has 0 aliphatic carbocycles. The van der Waals surface area contributed by atoms with Gasteiger partial charge in [0.1, 0.15) is 27.5 Å². The second-order valence-corrected chi connectivity index (χ2v) is 7.66. The lowest BCUT2D eigenvalue weighted by Gasteiger charge is -2.07. The molecule has 4 aromatic rings. The zero-order valence-corrected chi connectivity index (χ0v) is 17.5. The fourth-order valence-electron chi connectivity index (χ4n) is 3.04. The molecule has 0 spiro atoms. The molecule has 148 valence electrons. The van der Waals surface area contributed by atoms with Crippen LogP contribution in [0, 0.1) is 22.3 Å². The monoisotopic (exact) mass is 507 g/mol. The quantitative estimate of drug-likeness (QED) is 0.389. The molecule has 0 amide bonds. The Hall–Kier alpha value is -2.82. The zero-order chi connectivity index (χ0) is 20.5. The summed E-state index contributed by atoms with van der Waals surface area (Å²) >= 11 is 2.17. The summed E-state index contributed by atoms with van der Waals surface area (Å²) in [5.74, 6) is -0.467. The third-order valence-electron chi connectivity index (χ3n) is 4.60. The van der Waals surface area contributed by atoms with Gasteiger partial charge in [-0.25, -0.2) is 18.6 Å². The molecule has 0 bridgehead atoms. The average molecular weight is 507 g/mol. The zero-order valence-electron chi connectivity index (χ0n) is 15.4. The lowest BCUT2D eigenvalue weighted by Crippen LogP contribution is -2.24. The van der Waals surface area contributed by atoms with Crippen molar-refractivity contribution in [3.8, 4) is 5.69 Å². The average Bonchev–Trinajstić information content (AvgIpc) is 3.20. The van der Waals surface area contributed by atoms with Crippen LogP contribution in [0.4, 0.5) is 8.78 Å². The maximum atomic E-state index is 13.9. The van der Waals surface area contributed by atoms with Crippen LogP contribution in [0.1, 0.15) is 17.0 Å². The summed E-state index contributed by atoms with van der Waals surface area (Å²) in [6, 6.07) is 11.0. The van der Waals surface area contributed by atoms with Gasteiger partial charge in [-0.2, -0.15) is 9.78 Å². The highest BCUT2D eigenvalue weighted by Crippen LogP contribution is 2.14. The molecule has 0 atom stereocenters. The second-order valence-electron chi connectivity index (χ2n) is 6.56. The van der Waals surface area contributed by atoms with Crippen molar-refractivity contribution in [1.29, 1.82) is 0 Å². The number of benzene rings is 2. The third-order valence-corrected chi connectivity index (χ3v) is 5.12. The molecule has 0 unspecified atom stereocenters. The number of aromatic nitrogens is 5. The van der Waals surface area contributed by atoms with E-state index in [-0.39, 0.29) is 12.1 Å². The van der Waals surface area contributed by atoms with Crippen molar-refractivity contribution in [3.05, 3.63) is 97.8 Å². The summed E-state index contributed by atoms with van der Waals surface area (Å²) in [6.45, 7) is 2.38. The number of aryl methyl sites for hydroxylation is 1. The highest BCUT2D eigenvalue weighted by atomic mass is 127. The van der Waals surface area contributed by atoms with Gasteiger partial charge in [0.25, 0.3) is 0 Å². The predicted molar refractivity (Wildman–Crippen MR) is 112 cm³/mol. The number of imidazole rings is 1. The van der Waals surface area contributed by atoms with Crippen LogP contribution >= 0.6 is 22.6 Å².